The number of aromatic amines is 1. The van der Waals surface area contributed by atoms with Gasteiger partial charge in [-0.1, -0.05) is 0 Å². The highest BCUT2D eigenvalue weighted by Gasteiger charge is 1.84. The molecular formula is C5H4FNO. The molecule has 0 bridgehead atoms. The molecule has 0 saturated carbocycles. The van der Waals surface area contributed by atoms with Crippen LogP contribution in [0.15, 0.2) is 23.1 Å². The molecule has 0 fully saturated rings. The average molecular weight is 116 g/mol. The molecule has 42 valence electrons. The van der Waals surface area contributed by atoms with Gasteiger partial charge in [-0.2, -0.15) is 0 Å². The Morgan fingerprint density at radius 1 is 1.88 bits per heavy atom. The Hall–Kier alpha value is -1.12. The van der Waals surface area contributed by atoms with Crippen LogP contribution in [-0.4, -0.2) is 4.98 Å². The molecule has 0 amide bonds. The van der Waals surface area contributed by atoms with Crippen LogP contribution in [0.1, 0.15) is 4.11 Å². The second-order valence-electron chi connectivity index (χ2n) is 1.14. The molecule has 0 unspecified atom stereocenters. The lowest BCUT2D eigenvalue weighted by Crippen LogP contribution is -2.01. The third-order valence-electron chi connectivity index (χ3n) is 0.572. The van der Waals surface area contributed by atoms with E-state index in [0.717, 1.165) is 0 Å². The Labute approximate surface area is 49.2 Å². The standard InChI is InChI=1S/C5H4FNO/c6-4-1-2-7-5(8)3-4/h1-3H,(H,7,8)/i1D,2D,3D. The predicted molar refractivity (Wildman–Crippen MR) is 27.0 cm³/mol. The number of rotatable bonds is 0. The van der Waals surface area contributed by atoms with Gasteiger partial charge in [0, 0.05) is 12.2 Å². The van der Waals surface area contributed by atoms with E-state index < -0.39 is 29.6 Å². The first-order valence-electron chi connectivity index (χ1n) is 3.39. The first-order valence-corrected chi connectivity index (χ1v) is 1.89. The lowest BCUT2D eigenvalue weighted by atomic mass is 10.5. The van der Waals surface area contributed by atoms with E-state index in [2.05, 4.69) is 0 Å². The molecule has 1 aromatic heterocycles. The molecule has 1 rings (SSSR count). The van der Waals surface area contributed by atoms with Crippen molar-refractivity contribution in [1.29, 1.82) is 0 Å². The van der Waals surface area contributed by atoms with Gasteiger partial charge in [-0.3, -0.25) is 4.79 Å². The summed E-state index contributed by atoms with van der Waals surface area (Å²) in [5.41, 5.74) is -0.983. The van der Waals surface area contributed by atoms with Gasteiger partial charge < -0.3 is 4.98 Å². The summed E-state index contributed by atoms with van der Waals surface area (Å²) >= 11 is 0. The van der Waals surface area contributed by atoms with Crippen LogP contribution in [0.25, 0.3) is 0 Å². The van der Waals surface area contributed by atoms with Gasteiger partial charge in [-0.15, -0.1) is 0 Å². The van der Waals surface area contributed by atoms with Gasteiger partial charge in [-0.05, 0) is 6.04 Å². The van der Waals surface area contributed by atoms with Gasteiger partial charge in [-0.25, -0.2) is 4.39 Å². The Bertz CT molecular complexity index is 348. The van der Waals surface area contributed by atoms with Crippen molar-refractivity contribution in [3.8, 4) is 0 Å². The zero-order valence-electron chi connectivity index (χ0n) is 6.79. The van der Waals surface area contributed by atoms with Crippen LogP contribution in [0, 0.1) is 5.82 Å². The summed E-state index contributed by atoms with van der Waals surface area (Å²) in [6.07, 6.45) is -0.608. The topological polar surface area (TPSA) is 32.9 Å². The van der Waals surface area contributed by atoms with Crippen molar-refractivity contribution in [2.45, 2.75) is 0 Å². The molecule has 0 radical (unpaired) electrons. The van der Waals surface area contributed by atoms with Crippen molar-refractivity contribution in [3.05, 3.63) is 34.4 Å². The van der Waals surface area contributed by atoms with E-state index in [1.54, 1.807) is 0 Å². The normalized spacial score (nSPS) is 14.4. The molecule has 1 aromatic rings. The Kier molecular flexibility index (Phi) is 0.541. The summed E-state index contributed by atoms with van der Waals surface area (Å²) in [5, 5.41) is 0. The van der Waals surface area contributed by atoms with Crippen molar-refractivity contribution >= 4 is 0 Å². The number of hydrogen-bond donors (Lipinski definition) is 1. The van der Waals surface area contributed by atoms with E-state index in [1.165, 1.54) is 0 Å². The van der Waals surface area contributed by atoms with E-state index in [9.17, 15) is 9.18 Å². The monoisotopic (exact) mass is 116 g/mol. The van der Waals surface area contributed by atoms with E-state index in [0.29, 0.717) is 0 Å². The summed E-state index contributed by atoms with van der Waals surface area (Å²) in [5.74, 6) is -1.25. The zero-order valence-corrected chi connectivity index (χ0v) is 3.79. The molecule has 8 heavy (non-hydrogen) atoms. The second kappa shape index (κ2) is 1.78. The number of nitrogens with one attached hydrogen (secondary N) is 1. The van der Waals surface area contributed by atoms with Gasteiger partial charge >= 0.3 is 0 Å². The Morgan fingerprint density at radius 2 is 2.62 bits per heavy atom. The van der Waals surface area contributed by atoms with Gasteiger partial charge in [0.2, 0.25) is 0 Å². The molecule has 0 aliphatic carbocycles. The Morgan fingerprint density at radius 3 is 3.38 bits per heavy atom. The summed E-state index contributed by atoms with van der Waals surface area (Å²) < 4.78 is 33.0. The number of halogens is 1. The smallest absolute Gasteiger partial charge is 0.250 e. The molecule has 0 aromatic carbocycles. The van der Waals surface area contributed by atoms with E-state index in [-0.39, 0.29) is 0 Å². The molecule has 0 aliphatic heterocycles. The van der Waals surface area contributed by atoms with Crippen LogP contribution in [0.4, 0.5) is 4.39 Å². The maximum absolute atomic E-state index is 12.5. The highest BCUT2D eigenvalue weighted by Crippen LogP contribution is 1.84. The summed E-state index contributed by atoms with van der Waals surface area (Å²) in [6.45, 7) is 0. The minimum absolute atomic E-state index is 0.608. The minimum Gasteiger partial charge on any atom is -0.329 e. The van der Waals surface area contributed by atoms with E-state index in [1.807, 2.05) is 4.98 Å². The van der Waals surface area contributed by atoms with Crippen molar-refractivity contribution in [1.82, 2.24) is 4.98 Å². The zero-order chi connectivity index (χ0) is 8.59. The quantitative estimate of drug-likeness (QED) is 0.526. The molecule has 1 N–H and O–H groups in total. The number of pyridine rings is 1. The van der Waals surface area contributed by atoms with Crippen LogP contribution < -0.4 is 5.56 Å². The summed E-state index contributed by atoms with van der Waals surface area (Å²) in [7, 11) is 0. The SMILES string of the molecule is [2H]c1[nH]c(=O)c([2H])c(F)c1[2H]. The molecule has 0 saturated heterocycles. The van der Waals surface area contributed by atoms with E-state index in [4.69, 9.17) is 4.11 Å². The van der Waals surface area contributed by atoms with Crippen LogP contribution in [0.5, 0.6) is 0 Å². The van der Waals surface area contributed by atoms with Crippen molar-refractivity contribution in [2.24, 2.45) is 0 Å². The molecule has 0 spiro atoms. The van der Waals surface area contributed by atoms with Crippen LogP contribution in [0.3, 0.4) is 0 Å². The molecule has 0 atom stereocenters. The highest BCUT2D eigenvalue weighted by molar-refractivity contribution is 4.93. The average Bonchev–Trinajstić information content (AvgIpc) is 1.97. The second-order valence-corrected chi connectivity index (χ2v) is 1.14. The third kappa shape index (κ3) is 0.932. The number of aromatic nitrogens is 1. The van der Waals surface area contributed by atoms with Crippen LogP contribution >= 0.6 is 0 Å². The molecular weight excluding hydrogens is 109 g/mol. The van der Waals surface area contributed by atoms with Crippen molar-refractivity contribution < 1.29 is 8.50 Å². The Balaban J connectivity index is 3.59. The van der Waals surface area contributed by atoms with Crippen LogP contribution in [-0.2, 0) is 0 Å². The fraction of sp³-hybridized carbons (Fsp3) is 0. The van der Waals surface area contributed by atoms with Gasteiger partial charge in [0.1, 0.15) is 5.82 Å². The highest BCUT2D eigenvalue weighted by atomic mass is 19.1. The third-order valence-corrected chi connectivity index (χ3v) is 0.572. The lowest BCUT2D eigenvalue weighted by molar-refractivity contribution is 0.623. The fourth-order valence-electron chi connectivity index (χ4n) is 0.305. The van der Waals surface area contributed by atoms with Gasteiger partial charge in [0.25, 0.3) is 5.56 Å². The lowest BCUT2D eigenvalue weighted by Gasteiger charge is -1.80. The molecule has 3 heteroatoms. The van der Waals surface area contributed by atoms with Gasteiger partial charge in [0.05, 0.1) is 4.11 Å². The first kappa shape index (κ1) is 2.44. The summed E-state index contributed by atoms with van der Waals surface area (Å²) in [4.78, 5) is 12.4. The fourth-order valence-corrected chi connectivity index (χ4v) is 0.305. The molecule has 0 aliphatic rings. The number of hydrogen-bond acceptors (Lipinski definition) is 1. The maximum Gasteiger partial charge on any atom is 0.250 e. The molecule has 2 nitrogen and oxygen atoms in total. The van der Waals surface area contributed by atoms with Gasteiger partial charge in [0.15, 0.2) is 0 Å². The van der Waals surface area contributed by atoms with Crippen molar-refractivity contribution in [2.75, 3.05) is 0 Å². The summed E-state index contributed by atoms with van der Waals surface area (Å²) in [6, 6.07) is -1.65. The predicted octanol–water partition coefficient (Wildman–Crippen LogP) is 0.514. The van der Waals surface area contributed by atoms with Crippen LogP contribution in [0.2, 0.25) is 0 Å². The number of H-pyrrole nitrogens is 1. The van der Waals surface area contributed by atoms with Crippen molar-refractivity contribution in [3.63, 3.8) is 0 Å². The first-order chi connectivity index (χ1) is 5.04. The maximum atomic E-state index is 12.5. The minimum atomic E-state index is -1.25. The largest absolute Gasteiger partial charge is 0.329 e. The molecule has 1 heterocycles. The van der Waals surface area contributed by atoms with E-state index >= 15 is 0 Å².